The van der Waals surface area contributed by atoms with Crippen LogP contribution in [0.5, 0.6) is 0 Å². The van der Waals surface area contributed by atoms with Gasteiger partial charge in [-0.15, -0.1) is 0 Å². The number of amides is 3. The fourth-order valence-corrected chi connectivity index (χ4v) is 4.92. The number of rotatable bonds is 15. The van der Waals surface area contributed by atoms with E-state index in [-0.39, 0.29) is 18.4 Å². The third-order valence-corrected chi connectivity index (χ3v) is 8.12. The number of benzene rings is 1. The molecule has 4 N–H and O–H groups in total. The van der Waals surface area contributed by atoms with Crippen LogP contribution in [0.15, 0.2) is 28.7 Å². The third kappa shape index (κ3) is 10.5. The van der Waals surface area contributed by atoms with Gasteiger partial charge in [-0.1, -0.05) is 61.7 Å². The van der Waals surface area contributed by atoms with Gasteiger partial charge >= 0.3 is 18.0 Å². The molecule has 5 atom stereocenters. The second-order valence-electron chi connectivity index (χ2n) is 12.3. The number of carbonyl (C=O) groups is 4. The van der Waals surface area contributed by atoms with E-state index in [1.165, 1.54) is 4.90 Å². The number of urea groups is 1. The zero-order chi connectivity index (χ0) is 32.7. The number of hydrogen-bond acceptors (Lipinski definition) is 10. The van der Waals surface area contributed by atoms with E-state index in [9.17, 15) is 39.6 Å². The van der Waals surface area contributed by atoms with Crippen molar-refractivity contribution in [2.45, 2.75) is 103 Å². The van der Waals surface area contributed by atoms with E-state index >= 15 is 0 Å². The molecule has 43 heavy (non-hydrogen) atoms. The monoisotopic (exact) mass is 672 g/mol. The molecule has 0 spiro atoms. The van der Waals surface area contributed by atoms with Gasteiger partial charge in [0.2, 0.25) is 0 Å². The van der Waals surface area contributed by atoms with Gasteiger partial charge in [-0.05, 0) is 50.3 Å². The molecule has 1 heterocycles. The van der Waals surface area contributed by atoms with Crippen LogP contribution in [0.4, 0.5) is 4.79 Å². The minimum atomic E-state index is -2.27. The summed E-state index contributed by atoms with van der Waals surface area (Å²) in [7, 11) is 0. The molecule has 13 heteroatoms. The topological polar surface area (TPSA) is 174 Å². The number of carbonyl (C=O) groups excluding carboxylic acids is 4. The Kier molecular flexibility index (Phi) is 13.1. The van der Waals surface area contributed by atoms with Crippen molar-refractivity contribution >= 4 is 39.8 Å². The van der Waals surface area contributed by atoms with E-state index in [1.54, 1.807) is 45.0 Å². The van der Waals surface area contributed by atoms with Crippen molar-refractivity contribution in [2.24, 2.45) is 5.41 Å². The van der Waals surface area contributed by atoms with Gasteiger partial charge in [0.15, 0.2) is 12.2 Å². The molecule has 1 aliphatic heterocycles. The highest BCUT2D eigenvalue weighted by atomic mass is 79.9. The highest BCUT2D eigenvalue weighted by molar-refractivity contribution is 9.10. The molecule has 0 saturated carbocycles. The Morgan fingerprint density at radius 2 is 1.47 bits per heavy atom. The van der Waals surface area contributed by atoms with Crippen LogP contribution in [0, 0.1) is 5.41 Å². The van der Waals surface area contributed by atoms with Crippen molar-refractivity contribution in [2.75, 3.05) is 19.7 Å². The fraction of sp³-hybridized carbons (Fsp3) is 0.667. The summed E-state index contributed by atoms with van der Waals surface area (Å²) in [6.45, 7) is 9.39. The molecule has 1 saturated heterocycles. The number of aliphatic hydroxyl groups is 4. The maximum Gasteiger partial charge on any atom is 0.338 e. The van der Waals surface area contributed by atoms with Crippen LogP contribution in [0.3, 0.4) is 0 Å². The molecule has 0 aromatic heterocycles. The van der Waals surface area contributed by atoms with Crippen molar-refractivity contribution in [1.29, 1.82) is 0 Å². The predicted molar refractivity (Wildman–Crippen MR) is 160 cm³/mol. The Hall–Kier alpha value is -2.58. The van der Waals surface area contributed by atoms with Gasteiger partial charge in [0.25, 0.3) is 5.91 Å². The molecular weight excluding hydrogens is 628 g/mol. The van der Waals surface area contributed by atoms with Crippen LogP contribution in [0.2, 0.25) is 0 Å². The van der Waals surface area contributed by atoms with E-state index < -0.39 is 73.1 Å². The number of halogens is 1. The average molecular weight is 674 g/mol. The largest absolute Gasteiger partial charge is 0.461 e. The molecule has 1 aromatic carbocycles. The van der Waals surface area contributed by atoms with E-state index in [0.29, 0.717) is 6.42 Å². The molecule has 0 aliphatic carbocycles. The third-order valence-electron chi connectivity index (χ3n) is 7.59. The quantitative estimate of drug-likeness (QED) is 0.160. The number of hydrogen-bond donors (Lipinski definition) is 4. The summed E-state index contributed by atoms with van der Waals surface area (Å²) in [5.74, 6) is -3.14. The van der Waals surface area contributed by atoms with Gasteiger partial charge < -0.3 is 34.8 Å². The van der Waals surface area contributed by atoms with Crippen molar-refractivity contribution in [1.82, 2.24) is 9.80 Å². The lowest BCUT2D eigenvalue weighted by molar-refractivity contribution is -0.181. The number of esters is 2. The van der Waals surface area contributed by atoms with Gasteiger partial charge in [-0.2, -0.15) is 0 Å². The first-order valence-electron chi connectivity index (χ1n) is 14.4. The molecule has 2 rings (SSSR count). The van der Waals surface area contributed by atoms with Crippen LogP contribution in [-0.4, -0.2) is 110 Å². The highest BCUT2D eigenvalue weighted by Crippen LogP contribution is 2.32. The maximum atomic E-state index is 13.5. The lowest BCUT2D eigenvalue weighted by atomic mass is 9.79. The van der Waals surface area contributed by atoms with Gasteiger partial charge in [0.05, 0.1) is 19.2 Å². The number of imide groups is 1. The highest BCUT2D eigenvalue weighted by Gasteiger charge is 2.46. The maximum absolute atomic E-state index is 13.5. The summed E-state index contributed by atoms with van der Waals surface area (Å²) in [6.07, 6.45) is -4.74. The van der Waals surface area contributed by atoms with Gasteiger partial charge in [-0.3, -0.25) is 9.69 Å². The molecule has 1 fully saturated rings. The Balaban J connectivity index is 2.13. The van der Waals surface area contributed by atoms with E-state index in [1.807, 2.05) is 20.8 Å². The number of nitrogens with zero attached hydrogens (tertiary/aromatic N) is 2. The summed E-state index contributed by atoms with van der Waals surface area (Å²) in [5.41, 5.74) is -0.380. The zero-order valence-electron chi connectivity index (χ0n) is 25.7. The molecule has 5 unspecified atom stereocenters. The van der Waals surface area contributed by atoms with Crippen molar-refractivity contribution < 1.29 is 49.1 Å². The lowest BCUT2D eigenvalue weighted by Gasteiger charge is -2.30. The molecule has 1 aromatic rings. The number of ether oxygens (including phenoxy) is 2. The van der Waals surface area contributed by atoms with Crippen LogP contribution >= 0.6 is 15.9 Å². The van der Waals surface area contributed by atoms with Gasteiger partial charge in [-0.25, -0.2) is 14.4 Å². The summed E-state index contributed by atoms with van der Waals surface area (Å²) < 4.78 is 10.7. The Morgan fingerprint density at radius 1 is 0.907 bits per heavy atom. The van der Waals surface area contributed by atoms with Crippen LogP contribution in [-0.2, 0) is 30.3 Å². The smallest absolute Gasteiger partial charge is 0.338 e. The lowest BCUT2D eigenvalue weighted by Crippen LogP contribution is -2.46. The zero-order valence-corrected chi connectivity index (χ0v) is 27.2. The minimum Gasteiger partial charge on any atom is -0.461 e. The van der Waals surface area contributed by atoms with Crippen LogP contribution < -0.4 is 0 Å². The summed E-state index contributed by atoms with van der Waals surface area (Å²) in [4.78, 5) is 53.3. The van der Waals surface area contributed by atoms with E-state index in [4.69, 9.17) is 9.47 Å². The predicted octanol–water partition coefficient (Wildman–Crippen LogP) is 2.17. The second-order valence-corrected chi connectivity index (χ2v) is 13.2. The average Bonchev–Trinajstić information content (AvgIpc) is 3.14. The van der Waals surface area contributed by atoms with Gasteiger partial charge in [0, 0.05) is 10.9 Å². The molecule has 12 nitrogen and oxygen atoms in total. The SMILES string of the molecule is CCC(C)(CC)CC(O)CN1C(=O)C(Cc2ccc(Br)cc2)N(CC(O)COC(=O)C(O)C(O)C(=O)OC(C)(C)C)C1=O. The van der Waals surface area contributed by atoms with E-state index in [2.05, 4.69) is 15.9 Å². The van der Waals surface area contributed by atoms with Crippen LogP contribution in [0.25, 0.3) is 0 Å². The summed E-state index contributed by atoms with van der Waals surface area (Å²) in [6, 6.07) is 5.48. The molecule has 0 radical (unpaired) electrons. The molecule has 242 valence electrons. The minimum absolute atomic E-state index is 0.138. The normalized spacial score (nSPS) is 18.8. The van der Waals surface area contributed by atoms with E-state index in [0.717, 1.165) is 27.8 Å². The summed E-state index contributed by atoms with van der Waals surface area (Å²) in [5, 5.41) is 41.5. The van der Waals surface area contributed by atoms with Crippen LogP contribution in [0.1, 0.15) is 66.4 Å². The van der Waals surface area contributed by atoms with Crippen molar-refractivity contribution in [3.8, 4) is 0 Å². The number of aliphatic hydroxyl groups excluding tert-OH is 4. The first-order chi connectivity index (χ1) is 19.9. The van der Waals surface area contributed by atoms with Crippen molar-refractivity contribution in [3.05, 3.63) is 34.3 Å². The molecular formula is C30H45BrN2O10. The number of β-amino-alcohol motifs (C(OH)–C–C–N with tert-alkyl or cyclic N) is 2. The second kappa shape index (κ2) is 15.4. The Labute approximate surface area is 261 Å². The molecule has 0 bridgehead atoms. The Morgan fingerprint density at radius 3 is 2.00 bits per heavy atom. The molecule has 1 aliphatic rings. The first-order valence-corrected chi connectivity index (χ1v) is 15.2. The first kappa shape index (κ1) is 36.6. The molecule has 3 amide bonds. The van der Waals surface area contributed by atoms with Crippen molar-refractivity contribution in [3.63, 3.8) is 0 Å². The Bertz CT molecular complexity index is 1120. The standard InChI is InChI=1S/C30H45BrN2O10/c1-7-30(6,8-2)14-20(34)15-33-25(38)22(13-18-9-11-19(31)12-10-18)32(28(33)41)16-21(35)17-42-26(39)23(36)24(37)27(40)43-29(3,4)5/h9-12,20-24,34-37H,7-8,13-17H2,1-6H3. The van der Waals surface area contributed by atoms with Gasteiger partial charge in [0.1, 0.15) is 24.4 Å². The fourth-order valence-electron chi connectivity index (χ4n) is 4.66. The summed E-state index contributed by atoms with van der Waals surface area (Å²) >= 11 is 3.36.